The second-order valence-corrected chi connectivity index (χ2v) is 6.56. The lowest BCUT2D eigenvalue weighted by Crippen LogP contribution is -1.75. The van der Waals surface area contributed by atoms with E-state index in [-0.39, 0.29) is 0 Å². The molecule has 23 heavy (non-hydrogen) atoms. The molecule has 0 spiro atoms. The predicted molar refractivity (Wildman–Crippen MR) is 95.8 cm³/mol. The van der Waals surface area contributed by atoms with Crippen LogP contribution in [-0.4, -0.2) is 11.2 Å². The van der Waals surface area contributed by atoms with Gasteiger partial charge in [-0.15, -0.1) is 11.3 Å². The smallest absolute Gasteiger partial charge is 0.227 e. The van der Waals surface area contributed by atoms with E-state index in [0.29, 0.717) is 5.89 Å². The number of thiophene rings is 1. The summed E-state index contributed by atoms with van der Waals surface area (Å²) in [5, 5.41) is 0. The van der Waals surface area contributed by atoms with E-state index in [1.54, 1.807) is 11.3 Å². The summed E-state index contributed by atoms with van der Waals surface area (Å²) in [7, 11) is 0. The van der Waals surface area contributed by atoms with Crippen LogP contribution < -0.4 is 0 Å². The first kappa shape index (κ1) is 13.9. The molecule has 0 atom stereocenters. The number of hydrogen-bond donors (Lipinski definition) is 0. The van der Waals surface area contributed by atoms with Crippen LogP contribution in [0.25, 0.3) is 22.6 Å². The molecule has 2 aromatic carbocycles. The lowest BCUT2D eigenvalue weighted by molar-refractivity contribution is 0.620. The van der Waals surface area contributed by atoms with Gasteiger partial charge in [-0.2, -0.15) is 0 Å². The molecule has 112 valence electrons. The number of nitrogens with zero attached hydrogens (tertiary/aromatic N) is 2. The fourth-order valence-corrected chi connectivity index (χ4v) is 3.11. The molecule has 0 fully saturated rings. The third-order valence-corrected chi connectivity index (χ3v) is 4.43. The van der Waals surface area contributed by atoms with Crippen molar-refractivity contribution in [3.8, 4) is 11.5 Å². The standard InChI is InChI=1S/C19H14N2OS/c1-13-7-9-16(23-13)12-20-15-8-10-18-17(11-15)21-19(22-18)14-5-3-2-4-6-14/h2-12H,1H3. The van der Waals surface area contributed by atoms with E-state index in [1.165, 1.54) is 4.88 Å². The first-order valence-corrected chi connectivity index (χ1v) is 8.16. The van der Waals surface area contributed by atoms with Crippen molar-refractivity contribution in [2.45, 2.75) is 6.92 Å². The zero-order chi connectivity index (χ0) is 15.6. The average molecular weight is 318 g/mol. The molecule has 0 aliphatic heterocycles. The van der Waals surface area contributed by atoms with Gasteiger partial charge >= 0.3 is 0 Å². The molecule has 0 saturated carbocycles. The van der Waals surface area contributed by atoms with E-state index in [9.17, 15) is 0 Å². The van der Waals surface area contributed by atoms with Gasteiger partial charge in [-0.25, -0.2) is 4.98 Å². The summed E-state index contributed by atoms with van der Waals surface area (Å²) in [5.41, 5.74) is 3.44. The summed E-state index contributed by atoms with van der Waals surface area (Å²) in [6, 6.07) is 19.9. The molecule has 2 heterocycles. The molecule has 0 unspecified atom stereocenters. The molecule has 0 aliphatic rings. The lowest BCUT2D eigenvalue weighted by atomic mass is 10.2. The van der Waals surface area contributed by atoms with Crippen molar-refractivity contribution in [3.63, 3.8) is 0 Å². The quantitative estimate of drug-likeness (QED) is 0.460. The molecule has 0 saturated heterocycles. The zero-order valence-corrected chi connectivity index (χ0v) is 13.4. The molecule has 0 aliphatic carbocycles. The summed E-state index contributed by atoms with van der Waals surface area (Å²) < 4.78 is 5.81. The van der Waals surface area contributed by atoms with E-state index in [2.05, 4.69) is 29.0 Å². The van der Waals surface area contributed by atoms with Gasteiger partial charge < -0.3 is 4.42 Å². The monoisotopic (exact) mass is 318 g/mol. The number of hydrogen-bond acceptors (Lipinski definition) is 4. The highest BCUT2D eigenvalue weighted by Crippen LogP contribution is 2.27. The van der Waals surface area contributed by atoms with Gasteiger partial charge in [0.05, 0.1) is 5.69 Å². The van der Waals surface area contributed by atoms with Gasteiger partial charge in [-0.1, -0.05) is 18.2 Å². The Bertz CT molecular complexity index is 983. The predicted octanol–water partition coefficient (Wildman–Crippen LogP) is 5.62. The van der Waals surface area contributed by atoms with Gasteiger partial charge in [0.2, 0.25) is 5.89 Å². The van der Waals surface area contributed by atoms with E-state index in [4.69, 9.17) is 4.42 Å². The molecule has 0 bridgehead atoms. The third-order valence-electron chi connectivity index (χ3n) is 3.49. The van der Waals surface area contributed by atoms with Gasteiger partial charge in [0, 0.05) is 21.5 Å². The molecule has 2 aromatic heterocycles. The summed E-state index contributed by atoms with van der Waals surface area (Å²) in [6.45, 7) is 2.09. The summed E-state index contributed by atoms with van der Waals surface area (Å²) in [4.78, 5) is 11.5. The van der Waals surface area contributed by atoms with Crippen LogP contribution in [0.3, 0.4) is 0 Å². The van der Waals surface area contributed by atoms with Crippen molar-refractivity contribution >= 4 is 34.3 Å². The Kier molecular flexibility index (Phi) is 3.52. The van der Waals surface area contributed by atoms with Crippen molar-refractivity contribution in [2.75, 3.05) is 0 Å². The molecular weight excluding hydrogens is 304 g/mol. The maximum atomic E-state index is 5.81. The Labute approximate surface area is 138 Å². The number of aryl methyl sites for hydroxylation is 1. The molecular formula is C19H14N2OS. The average Bonchev–Trinajstić information content (AvgIpc) is 3.19. The van der Waals surface area contributed by atoms with Crippen LogP contribution >= 0.6 is 11.3 Å². The molecule has 3 nitrogen and oxygen atoms in total. The van der Waals surface area contributed by atoms with Crippen LogP contribution in [0.4, 0.5) is 5.69 Å². The molecule has 4 rings (SSSR count). The fraction of sp³-hybridized carbons (Fsp3) is 0.0526. The number of fused-ring (bicyclic) bond motifs is 1. The maximum absolute atomic E-state index is 5.81. The van der Waals surface area contributed by atoms with Gasteiger partial charge in [0.25, 0.3) is 0 Å². The Balaban J connectivity index is 1.67. The van der Waals surface area contributed by atoms with E-state index >= 15 is 0 Å². The maximum Gasteiger partial charge on any atom is 0.227 e. The Morgan fingerprint density at radius 3 is 2.70 bits per heavy atom. The molecule has 0 amide bonds. The van der Waals surface area contributed by atoms with Crippen molar-refractivity contribution in [1.82, 2.24) is 4.98 Å². The zero-order valence-electron chi connectivity index (χ0n) is 12.6. The van der Waals surface area contributed by atoms with Crippen LogP contribution in [0.1, 0.15) is 9.75 Å². The fourth-order valence-electron chi connectivity index (χ4n) is 2.36. The van der Waals surface area contributed by atoms with Crippen LogP contribution in [0.2, 0.25) is 0 Å². The second-order valence-electron chi connectivity index (χ2n) is 5.24. The summed E-state index contributed by atoms with van der Waals surface area (Å²) in [6.07, 6.45) is 1.89. The van der Waals surface area contributed by atoms with E-state index in [0.717, 1.165) is 27.2 Å². The number of benzene rings is 2. The van der Waals surface area contributed by atoms with Crippen LogP contribution in [-0.2, 0) is 0 Å². The van der Waals surface area contributed by atoms with E-state index in [1.807, 2.05) is 54.7 Å². The number of aromatic nitrogens is 1. The Morgan fingerprint density at radius 1 is 1.04 bits per heavy atom. The highest BCUT2D eigenvalue weighted by molar-refractivity contribution is 7.13. The third kappa shape index (κ3) is 2.94. The summed E-state index contributed by atoms with van der Waals surface area (Å²) >= 11 is 1.73. The van der Waals surface area contributed by atoms with Gasteiger partial charge in [0.15, 0.2) is 5.58 Å². The van der Waals surface area contributed by atoms with Gasteiger partial charge in [-0.3, -0.25) is 4.99 Å². The molecule has 4 aromatic rings. The number of oxazole rings is 1. The minimum atomic E-state index is 0.635. The van der Waals surface area contributed by atoms with Crippen LogP contribution in [0.15, 0.2) is 70.1 Å². The Hall–Kier alpha value is -2.72. The minimum Gasteiger partial charge on any atom is -0.436 e. The largest absolute Gasteiger partial charge is 0.436 e. The minimum absolute atomic E-state index is 0.635. The van der Waals surface area contributed by atoms with Gasteiger partial charge in [0.1, 0.15) is 5.52 Å². The van der Waals surface area contributed by atoms with Crippen molar-refractivity contribution < 1.29 is 4.42 Å². The highest BCUT2D eigenvalue weighted by atomic mass is 32.1. The summed E-state index contributed by atoms with van der Waals surface area (Å²) in [5.74, 6) is 0.635. The first-order valence-electron chi connectivity index (χ1n) is 7.34. The molecule has 0 radical (unpaired) electrons. The topological polar surface area (TPSA) is 38.4 Å². The van der Waals surface area contributed by atoms with Crippen molar-refractivity contribution in [1.29, 1.82) is 0 Å². The highest BCUT2D eigenvalue weighted by Gasteiger charge is 2.08. The molecule has 4 heteroatoms. The van der Waals surface area contributed by atoms with Crippen molar-refractivity contribution in [3.05, 3.63) is 70.4 Å². The molecule has 0 N–H and O–H groups in total. The van der Waals surface area contributed by atoms with Crippen LogP contribution in [0.5, 0.6) is 0 Å². The first-order chi connectivity index (χ1) is 11.3. The normalized spacial score (nSPS) is 11.5. The second kappa shape index (κ2) is 5.82. The number of aliphatic imine (C=N–C) groups is 1. The SMILES string of the molecule is Cc1ccc(C=Nc2ccc3oc(-c4ccccc4)nc3c2)s1. The number of rotatable bonds is 3. The lowest BCUT2D eigenvalue weighted by Gasteiger charge is -1.92. The Morgan fingerprint density at radius 2 is 1.91 bits per heavy atom. The van der Waals surface area contributed by atoms with Crippen LogP contribution in [0, 0.1) is 6.92 Å². The van der Waals surface area contributed by atoms with Gasteiger partial charge in [-0.05, 0) is 49.4 Å². The van der Waals surface area contributed by atoms with E-state index < -0.39 is 0 Å². The van der Waals surface area contributed by atoms with Crippen molar-refractivity contribution in [2.24, 2.45) is 4.99 Å².